The summed E-state index contributed by atoms with van der Waals surface area (Å²) in [4.78, 5) is 23.9. The van der Waals surface area contributed by atoms with Gasteiger partial charge in [-0.1, -0.05) is 11.3 Å². The molecule has 0 radical (unpaired) electrons. The average molecular weight is 525 g/mol. The normalized spacial score (nSPS) is 19.5. The molecule has 4 aromatic rings. The number of carbonyl (C=O) groups is 1. The molecule has 1 aliphatic heterocycles. The Labute approximate surface area is 216 Å². The standard InChI is InChI=1S/C24H26F2N10O2/c1-14-30-31-20-13-34(11-12-35(14)20)22(37)15-5-7-16(8-6-15)28-24-27-10-9-19(29-24)36-17-3-2-4-18(38-23(25)26)21(17)32-33-36/h2-4,9-10,15-16,23H,5-8,11-13H2,1H3,(H,27,28,29). The predicted molar refractivity (Wildman–Crippen MR) is 131 cm³/mol. The number of fused-ring (bicyclic) bond motifs is 2. The van der Waals surface area contributed by atoms with Gasteiger partial charge in [0.05, 0.1) is 6.54 Å². The van der Waals surface area contributed by atoms with Crippen LogP contribution in [-0.4, -0.2) is 69.7 Å². The Bertz CT molecular complexity index is 1460. The molecule has 1 saturated carbocycles. The number of hydrogen-bond donors (Lipinski definition) is 1. The maximum atomic E-state index is 13.2. The van der Waals surface area contributed by atoms with Crippen molar-refractivity contribution >= 4 is 22.9 Å². The first-order valence-electron chi connectivity index (χ1n) is 12.5. The molecule has 198 valence electrons. The summed E-state index contributed by atoms with van der Waals surface area (Å²) in [7, 11) is 0. The van der Waals surface area contributed by atoms with Crippen molar-refractivity contribution in [3.05, 3.63) is 42.1 Å². The summed E-state index contributed by atoms with van der Waals surface area (Å²) in [6.07, 6.45) is 4.78. The quantitative estimate of drug-likeness (QED) is 0.405. The van der Waals surface area contributed by atoms with Gasteiger partial charge in [-0.25, -0.2) is 4.98 Å². The highest BCUT2D eigenvalue weighted by Crippen LogP contribution is 2.29. The molecular weight excluding hydrogens is 498 g/mol. The van der Waals surface area contributed by atoms with Crippen LogP contribution in [0.3, 0.4) is 0 Å². The molecule has 2 aliphatic rings. The number of amides is 1. The number of carbonyl (C=O) groups excluding carboxylic acids is 1. The largest absolute Gasteiger partial charge is 0.432 e. The number of alkyl halides is 2. The van der Waals surface area contributed by atoms with Crippen LogP contribution in [0.15, 0.2) is 30.5 Å². The first-order chi connectivity index (χ1) is 18.5. The van der Waals surface area contributed by atoms with Gasteiger partial charge in [-0.2, -0.15) is 18.4 Å². The molecule has 0 bridgehead atoms. The second-order valence-corrected chi connectivity index (χ2v) is 9.51. The van der Waals surface area contributed by atoms with Crippen molar-refractivity contribution in [2.75, 3.05) is 11.9 Å². The van der Waals surface area contributed by atoms with Gasteiger partial charge in [0.15, 0.2) is 22.9 Å². The first kappa shape index (κ1) is 24.1. The molecule has 4 heterocycles. The molecule has 0 saturated heterocycles. The SMILES string of the molecule is Cc1nnc2n1CCN(C(=O)C1CCC(Nc3nccc(-n4nnc5c(OC(F)F)cccc54)n3)CC1)C2. The molecule has 14 heteroatoms. The smallest absolute Gasteiger partial charge is 0.387 e. The van der Waals surface area contributed by atoms with Crippen molar-refractivity contribution in [2.24, 2.45) is 5.92 Å². The fraction of sp³-hybridized carbons (Fsp3) is 0.458. The van der Waals surface area contributed by atoms with E-state index in [0.29, 0.717) is 30.4 Å². The molecule has 38 heavy (non-hydrogen) atoms. The van der Waals surface area contributed by atoms with E-state index in [2.05, 4.69) is 45.1 Å². The third-order valence-electron chi connectivity index (χ3n) is 7.17. The van der Waals surface area contributed by atoms with Gasteiger partial charge in [-0.15, -0.1) is 15.3 Å². The Morgan fingerprint density at radius 3 is 2.76 bits per heavy atom. The number of halogens is 2. The molecule has 1 aromatic carbocycles. The first-order valence-corrected chi connectivity index (χ1v) is 12.5. The minimum Gasteiger partial charge on any atom is -0.432 e. The summed E-state index contributed by atoms with van der Waals surface area (Å²) in [6.45, 7) is 0.877. The Morgan fingerprint density at radius 1 is 1.11 bits per heavy atom. The van der Waals surface area contributed by atoms with Crippen LogP contribution in [0.25, 0.3) is 16.9 Å². The molecule has 3 aromatic heterocycles. The van der Waals surface area contributed by atoms with E-state index < -0.39 is 6.61 Å². The summed E-state index contributed by atoms with van der Waals surface area (Å²) >= 11 is 0. The maximum absolute atomic E-state index is 13.2. The zero-order chi connectivity index (χ0) is 26.2. The minimum absolute atomic E-state index is 0.0120. The fourth-order valence-corrected chi connectivity index (χ4v) is 5.23. The topological polar surface area (TPSA) is 129 Å². The maximum Gasteiger partial charge on any atom is 0.387 e. The summed E-state index contributed by atoms with van der Waals surface area (Å²) in [5, 5.41) is 19.8. The lowest BCUT2D eigenvalue weighted by Gasteiger charge is -2.34. The third-order valence-corrected chi connectivity index (χ3v) is 7.17. The lowest BCUT2D eigenvalue weighted by molar-refractivity contribution is -0.138. The van der Waals surface area contributed by atoms with Crippen molar-refractivity contribution in [2.45, 2.75) is 58.3 Å². The molecule has 1 amide bonds. The third kappa shape index (κ3) is 4.61. The molecule has 1 fully saturated rings. The number of benzene rings is 1. The number of anilines is 1. The zero-order valence-electron chi connectivity index (χ0n) is 20.7. The Balaban J connectivity index is 1.09. The van der Waals surface area contributed by atoms with Crippen LogP contribution < -0.4 is 10.1 Å². The van der Waals surface area contributed by atoms with E-state index >= 15 is 0 Å². The highest BCUT2D eigenvalue weighted by atomic mass is 19.3. The monoisotopic (exact) mass is 524 g/mol. The molecule has 1 aliphatic carbocycles. The molecule has 12 nitrogen and oxygen atoms in total. The van der Waals surface area contributed by atoms with Gasteiger partial charge in [0.2, 0.25) is 11.9 Å². The van der Waals surface area contributed by atoms with Crippen molar-refractivity contribution in [3.8, 4) is 11.6 Å². The van der Waals surface area contributed by atoms with Crippen LogP contribution in [0.1, 0.15) is 37.3 Å². The molecular formula is C24H26F2N10O2. The molecule has 0 spiro atoms. The van der Waals surface area contributed by atoms with E-state index in [1.807, 2.05) is 11.8 Å². The van der Waals surface area contributed by atoms with Crippen molar-refractivity contribution < 1.29 is 18.3 Å². The summed E-state index contributed by atoms with van der Waals surface area (Å²) in [5.74, 6) is 2.70. The van der Waals surface area contributed by atoms with E-state index in [1.54, 1.807) is 24.4 Å². The van der Waals surface area contributed by atoms with Crippen LogP contribution in [0.5, 0.6) is 5.75 Å². The lowest BCUT2D eigenvalue weighted by atomic mass is 9.85. The predicted octanol–water partition coefficient (Wildman–Crippen LogP) is 2.72. The summed E-state index contributed by atoms with van der Waals surface area (Å²) < 4.78 is 33.6. The van der Waals surface area contributed by atoms with Crippen LogP contribution in [-0.2, 0) is 17.9 Å². The van der Waals surface area contributed by atoms with Gasteiger partial charge in [-0.3, -0.25) is 4.79 Å². The molecule has 0 atom stereocenters. The van der Waals surface area contributed by atoms with Gasteiger partial charge in [0.1, 0.15) is 11.3 Å². The van der Waals surface area contributed by atoms with Gasteiger partial charge in [0.25, 0.3) is 0 Å². The van der Waals surface area contributed by atoms with Crippen molar-refractivity contribution in [1.29, 1.82) is 0 Å². The Morgan fingerprint density at radius 2 is 1.95 bits per heavy atom. The fourth-order valence-electron chi connectivity index (χ4n) is 5.23. The highest BCUT2D eigenvalue weighted by Gasteiger charge is 2.32. The second kappa shape index (κ2) is 9.91. The number of hydrogen-bond acceptors (Lipinski definition) is 9. The van der Waals surface area contributed by atoms with E-state index in [-0.39, 0.29) is 29.1 Å². The second-order valence-electron chi connectivity index (χ2n) is 9.51. The number of ether oxygens (including phenoxy) is 1. The Hall–Kier alpha value is -4.23. The van der Waals surface area contributed by atoms with Crippen LogP contribution in [0, 0.1) is 12.8 Å². The Kier molecular flexibility index (Phi) is 6.29. The number of aromatic nitrogens is 8. The minimum atomic E-state index is -2.96. The number of nitrogens with zero attached hydrogens (tertiary/aromatic N) is 9. The van der Waals surface area contributed by atoms with Crippen molar-refractivity contribution in [3.63, 3.8) is 0 Å². The number of aryl methyl sites for hydroxylation is 1. The van der Waals surface area contributed by atoms with Gasteiger partial charge >= 0.3 is 6.61 Å². The van der Waals surface area contributed by atoms with E-state index in [4.69, 9.17) is 0 Å². The molecule has 0 unspecified atom stereocenters. The average Bonchev–Trinajstić information content (AvgIpc) is 3.53. The van der Waals surface area contributed by atoms with E-state index in [1.165, 1.54) is 10.7 Å². The summed E-state index contributed by atoms with van der Waals surface area (Å²) in [6, 6.07) is 6.50. The van der Waals surface area contributed by atoms with Gasteiger partial charge in [-0.05, 0) is 44.7 Å². The highest BCUT2D eigenvalue weighted by molar-refractivity contribution is 5.82. The summed E-state index contributed by atoms with van der Waals surface area (Å²) in [5.41, 5.74) is 0.700. The van der Waals surface area contributed by atoms with E-state index in [0.717, 1.165) is 43.9 Å². The van der Waals surface area contributed by atoms with Crippen molar-refractivity contribution in [1.82, 2.24) is 44.6 Å². The van der Waals surface area contributed by atoms with Gasteiger partial charge < -0.3 is 19.5 Å². The zero-order valence-corrected chi connectivity index (χ0v) is 20.7. The number of nitrogens with one attached hydrogen (secondary N) is 1. The van der Waals surface area contributed by atoms with E-state index in [9.17, 15) is 13.6 Å². The number of rotatable bonds is 6. The molecule has 6 rings (SSSR count). The molecule has 1 N–H and O–H groups in total. The van der Waals surface area contributed by atoms with Crippen LogP contribution >= 0.6 is 0 Å². The lowest BCUT2D eigenvalue weighted by Crippen LogP contribution is -2.43. The van der Waals surface area contributed by atoms with Gasteiger partial charge in [0, 0.05) is 37.3 Å². The van der Waals surface area contributed by atoms with Crippen LogP contribution in [0.2, 0.25) is 0 Å². The van der Waals surface area contributed by atoms with Crippen LogP contribution in [0.4, 0.5) is 14.7 Å².